The van der Waals surface area contributed by atoms with E-state index >= 15 is 0 Å². The average Bonchev–Trinajstić information content (AvgIpc) is 2.77. The Morgan fingerprint density at radius 3 is 2.83 bits per heavy atom. The second kappa shape index (κ2) is 5.48. The molecule has 1 saturated heterocycles. The summed E-state index contributed by atoms with van der Waals surface area (Å²) in [5, 5.41) is 3.26. The first-order valence-corrected chi connectivity index (χ1v) is 6.31. The van der Waals surface area contributed by atoms with Gasteiger partial charge in [0.1, 0.15) is 5.82 Å². The summed E-state index contributed by atoms with van der Waals surface area (Å²) >= 11 is 0. The molecule has 0 radical (unpaired) electrons. The number of nitrogens with one attached hydrogen (secondary N) is 1. The zero-order valence-electron chi connectivity index (χ0n) is 10.8. The lowest BCUT2D eigenvalue weighted by Crippen LogP contribution is -2.37. The molecule has 2 unspecified atom stereocenters. The minimum atomic E-state index is -0.255. The molecular weight excluding hydrogens is 231 g/mol. The molecule has 4 heteroatoms. The van der Waals surface area contributed by atoms with Gasteiger partial charge in [0, 0.05) is 25.2 Å². The number of rotatable bonds is 3. The Morgan fingerprint density at radius 1 is 1.50 bits per heavy atom. The molecule has 1 fully saturated rings. The van der Waals surface area contributed by atoms with Crippen molar-refractivity contribution in [2.75, 3.05) is 13.6 Å². The van der Waals surface area contributed by atoms with Crippen molar-refractivity contribution in [1.29, 1.82) is 0 Å². The summed E-state index contributed by atoms with van der Waals surface area (Å²) in [6, 6.07) is 6.80. The Balaban J connectivity index is 2.01. The number of carbonyl (C=O) groups excluding carboxylic acids is 1. The fourth-order valence-electron chi connectivity index (χ4n) is 2.44. The first kappa shape index (κ1) is 13.0. The van der Waals surface area contributed by atoms with E-state index in [-0.39, 0.29) is 23.7 Å². The number of amides is 1. The quantitative estimate of drug-likeness (QED) is 0.887. The molecule has 0 aliphatic carbocycles. The summed E-state index contributed by atoms with van der Waals surface area (Å²) in [7, 11) is 1.74. The first-order chi connectivity index (χ1) is 8.59. The standard InChI is InChI=1S/C14H19FN2O/c1-10-12(7-8-16-10)14(18)17(2)9-11-5-3-4-6-13(11)15/h3-6,10,12,16H,7-9H2,1-2H3. The van der Waals surface area contributed by atoms with E-state index in [0.717, 1.165) is 13.0 Å². The van der Waals surface area contributed by atoms with E-state index in [4.69, 9.17) is 0 Å². The van der Waals surface area contributed by atoms with E-state index in [0.29, 0.717) is 12.1 Å². The number of halogens is 1. The Morgan fingerprint density at radius 2 is 2.22 bits per heavy atom. The van der Waals surface area contributed by atoms with Crippen LogP contribution in [0.4, 0.5) is 4.39 Å². The number of hydrogen-bond donors (Lipinski definition) is 1. The molecule has 0 spiro atoms. The summed E-state index contributed by atoms with van der Waals surface area (Å²) in [6.45, 7) is 3.23. The van der Waals surface area contributed by atoms with E-state index in [1.54, 1.807) is 30.1 Å². The summed E-state index contributed by atoms with van der Waals surface area (Å²) < 4.78 is 13.5. The largest absolute Gasteiger partial charge is 0.341 e. The predicted molar refractivity (Wildman–Crippen MR) is 68.4 cm³/mol. The van der Waals surface area contributed by atoms with E-state index in [2.05, 4.69) is 5.32 Å². The van der Waals surface area contributed by atoms with E-state index in [9.17, 15) is 9.18 Å². The van der Waals surface area contributed by atoms with Gasteiger partial charge in [0.2, 0.25) is 5.91 Å². The lowest BCUT2D eigenvalue weighted by Gasteiger charge is -2.23. The lowest BCUT2D eigenvalue weighted by molar-refractivity contribution is -0.134. The number of benzene rings is 1. The highest BCUT2D eigenvalue weighted by Crippen LogP contribution is 2.19. The Hall–Kier alpha value is -1.42. The molecule has 18 heavy (non-hydrogen) atoms. The maximum absolute atomic E-state index is 13.5. The van der Waals surface area contributed by atoms with Gasteiger partial charge in [0.25, 0.3) is 0 Å². The molecule has 1 N–H and O–H groups in total. The minimum absolute atomic E-state index is 0.0155. The van der Waals surface area contributed by atoms with Gasteiger partial charge in [-0.05, 0) is 26.0 Å². The topological polar surface area (TPSA) is 32.3 Å². The van der Waals surface area contributed by atoms with Crippen LogP contribution in [-0.4, -0.2) is 30.4 Å². The molecule has 1 aliphatic heterocycles. The van der Waals surface area contributed by atoms with Crippen LogP contribution >= 0.6 is 0 Å². The maximum atomic E-state index is 13.5. The van der Waals surface area contributed by atoms with Crippen molar-refractivity contribution in [3.05, 3.63) is 35.6 Å². The molecule has 0 aromatic heterocycles. The predicted octanol–water partition coefficient (Wildman–Crippen LogP) is 1.78. The van der Waals surface area contributed by atoms with Crippen molar-refractivity contribution in [2.24, 2.45) is 5.92 Å². The molecule has 1 aromatic rings. The van der Waals surface area contributed by atoms with E-state index in [1.807, 2.05) is 6.92 Å². The van der Waals surface area contributed by atoms with Crippen molar-refractivity contribution in [3.63, 3.8) is 0 Å². The third kappa shape index (κ3) is 2.70. The van der Waals surface area contributed by atoms with Gasteiger partial charge < -0.3 is 10.2 Å². The van der Waals surface area contributed by atoms with E-state index < -0.39 is 0 Å². The molecule has 0 bridgehead atoms. The zero-order chi connectivity index (χ0) is 13.1. The SMILES string of the molecule is CC1NCCC1C(=O)N(C)Cc1ccccc1F. The van der Waals surface area contributed by atoms with Crippen LogP contribution in [0, 0.1) is 11.7 Å². The number of hydrogen-bond acceptors (Lipinski definition) is 2. The molecule has 1 amide bonds. The molecule has 1 aliphatic rings. The van der Waals surface area contributed by atoms with Gasteiger partial charge in [0.15, 0.2) is 0 Å². The van der Waals surface area contributed by atoms with Gasteiger partial charge in [0.05, 0.1) is 5.92 Å². The van der Waals surface area contributed by atoms with Crippen molar-refractivity contribution >= 4 is 5.91 Å². The second-order valence-electron chi connectivity index (χ2n) is 4.92. The smallest absolute Gasteiger partial charge is 0.227 e. The van der Waals surface area contributed by atoms with E-state index in [1.165, 1.54) is 6.07 Å². The van der Waals surface area contributed by atoms with Crippen molar-refractivity contribution in [2.45, 2.75) is 25.9 Å². The molecule has 1 heterocycles. The number of carbonyl (C=O) groups is 1. The molecular formula is C14H19FN2O. The van der Waals surface area contributed by atoms with Crippen LogP contribution in [0.1, 0.15) is 18.9 Å². The third-order valence-corrected chi connectivity index (χ3v) is 3.58. The third-order valence-electron chi connectivity index (χ3n) is 3.58. The minimum Gasteiger partial charge on any atom is -0.341 e. The summed E-state index contributed by atoms with van der Waals surface area (Å²) in [5.41, 5.74) is 0.562. The lowest BCUT2D eigenvalue weighted by atomic mass is 10.0. The van der Waals surface area contributed by atoms with Crippen molar-refractivity contribution in [1.82, 2.24) is 10.2 Å². The van der Waals surface area contributed by atoms with Crippen LogP contribution in [-0.2, 0) is 11.3 Å². The van der Waals surface area contributed by atoms with Crippen LogP contribution in [0.15, 0.2) is 24.3 Å². The van der Waals surface area contributed by atoms with Crippen LogP contribution in [0.3, 0.4) is 0 Å². The van der Waals surface area contributed by atoms with Gasteiger partial charge in [-0.15, -0.1) is 0 Å². The molecule has 3 nitrogen and oxygen atoms in total. The van der Waals surface area contributed by atoms with Crippen LogP contribution in [0.25, 0.3) is 0 Å². The van der Waals surface area contributed by atoms with Gasteiger partial charge in [-0.3, -0.25) is 4.79 Å². The molecule has 2 atom stereocenters. The fraction of sp³-hybridized carbons (Fsp3) is 0.500. The van der Waals surface area contributed by atoms with Crippen molar-refractivity contribution < 1.29 is 9.18 Å². The van der Waals surface area contributed by atoms with Crippen LogP contribution < -0.4 is 5.32 Å². The second-order valence-corrected chi connectivity index (χ2v) is 4.92. The number of nitrogens with zero attached hydrogens (tertiary/aromatic N) is 1. The average molecular weight is 250 g/mol. The van der Waals surface area contributed by atoms with Crippen molar-refractivity contribution in [3.8, 4) is 0 Å². The van der Waals surface area contributed by atoms with Gasteiger partial charge >= 0.3 is 0 Å². The molecule has 98 valence electrons. The fourth-order valence-corrected chi connectivity index (χ4v) is 2.44. The highest BCUT2D eigenvalue weighted by Gasteiger charge is 2.31. The zero-order valence-corrected chi connectivity index (χ0v) is 10.8. The summed E-state index contributed by atoms with van der Waals surface area (Å²) in [4.78, 5) is 13.9. The van der Waals surface area contributed by atoms with Gasteiger partial charge in [-0.25, -0.2) is 4.39 Å². The Kier molecular flexibility index (Phi) is 3.97. The molecule has 0 saturated carbocycles. The highest BCUT2D eigenvalue weighted by molar-refractivity contribution is 5.79. The highest BCUT2D eigenvalue weighted by atomic mass is 19.1. The Bertz CT molecular complexity index is 436. The maximum Gasteiger partial charge on any atom is 0.227 e. The monoisotopic (exact) mass is 250 g/mol. The Labute approximate surface area is 107 Å². The normalized spacial score (nSPS) is 23.1. The summed E-state index contributed by atoms with van der Waals surface area (Å²) in [5.74, 6) is -0.146. The van der Waals surface area contributed by atoms with Crippen LogP contribution in [0.5, 0.6) is 0 Å². The van der Waals surface area contributed by atoms with Gasteiger partial charge in [-0.2, -0.15) is 0 Å². The van der Waals surface area contributed by atoms with Gasteiger partial charge in [-0.1, -0.05) is 18.2 Å². The molecule has 2 rings (SSSR count). The first-order valence-electron chi connectivity index (χ1n) is 6.31. The van der Waals surface area contributed by atoms with Crippen LogP contribution in [0.2, 0.25) is 0 Å². The summed E-state index contributed by atoms with van der Waals surface area (Å²) in [6.07, 6.45) is 0.863. The molecule has 1 aromatic carbocycles.